The minimum Gasteiger partial charge on any atom is -0.486 e. The molecule has 0 spiro atoms. The van der Waals surface area contributed by atoms with E-state index in [1.807, 2.05) is 30.3 Å². The first-order chi connectivity index (χ1) is 12.6. The molecule has 0 unspecified atom stereocenters. The number of carbonyl (C=O) groups excluding carboxylic acids is 1. The van der Waals surface area contributed by atoms with Crippen molar-refractivity contribution in [2.45, 2.75) is 6.42 Å². The van der Waals surface area contributed by atoms with Crippen LogP contribution in [-0.2, 0) is 14.3 Å². The Morgan fingerprint density at radius 2 is 1.69 bits per heavy atom. The van der Waals surface area contributed by atoms with Crippen LogP contribution < -0.4 is 9.47 Å². The molecule has 0 bridgehead atoms. The van der Waals surface area contributed by atoms with Crippen LogP contribution in [0.1, 0.15) is 17.5 Å². The predicted octanol–water partition coefficient (Wildman–Crippen LogP) is 2.91. The molecule has 26 heavy (non-hydrogen) atoms. The quantitative estimate of drug-likeness (QED) is 0.657. The van der Waals surface area contributed by atoms with Gasteiger partial charge in [-0.25, -0.2) is 4.79 Å². The second-order valence-electron chi connectivity index (χ2n) is 5.64. The third-order valence-corrected chi connectivity index (χ3v) is 3.95. The number of carbonyl (C=O) groups is 2. The second kappa shape index (κ2) is 7.74. The van der Waals surface area contributed by atoms with Crippen LogP contribution in [0.5, 0.6) is 11.5 Å². The van der Waals surface area contributed by atoms with Crippen molar-refractivity contribution >= 4 is 17.5 Å². The average Bonchev–Trinajstić information content (AvgIpc) is 2.67. The van der Waals surface area contributed by atoms with E-state index >= 15 is 0 Å². The van der Waals surface area contributed by atoms with Gasteiger partial charge in [0.05, 0.1) is 19.1 Å². The molecule has 0 atom stereocenters. The lowest BCUT2D eigenvalue weighted by Gasteiger charge is -2.20. The Labute approximate surface area is 150 Å². The van der Waals surface area contributed by atoms with Gasteiger partial charge >= 0.3 is 11.9 Å². The zero-order valence-electron chi connectivity index (χ0n) is 14.2. The number of benzene rings is 2. The maximum Gasteiger partial charge on any atom is 0.334 e. The van der Waals surface area contributed by atoms with Crippen molar-refractivity contribution < 1.29 is 28.9 Å². The summed E-state index contributed by atoms with van der Waals surface area (Å²) in [5, 5.41) is 9.28. The smallest absolute Gasteiger partial charge is 0.334 e. The van der Waals surface area contributed by atoms with E-state index < -0.39 is 18.4 Å². The monoisotopic (exact) mass is 354 g/mol. The van der Waals surface area contributed by atoms with Gasteiger partial charge in [0.15, 0.2) is 11.5 Å². The number of hydrogen-bond acceptors (Lipinski definition) is 5. The van der Waals surface area contributed by atoms with Crippen molar-refractivity contribution in [1.82, 2.24) is 0 Å². The molecule has 1 aliphatic rings. The van der Waals surface area contributed by atoms with Crippen LogP contribution in [0.2, 0.25) is 0 Å². The number of fused-ring (bicyclic) bond motifs is 1. The highest BCUT2D eigenvalue weighted by molar-refractivity contribution is 6.04. The van der Waals surface area contributed by atoms with Crippen molar-refractivity contribution in [3.63, 3.8) is 0 Å². The first kappa shape index (κ1) is 17.5. The van der Waals surface area contributed by atoms with Gasteiger partial charge in [0.25, 0.3) is 0 Å². The Bertz CT molecular complexity index is 854. The highest BCUT2D eigenvalue weighted by Gasteiger charge is 2.23. The lowest BCUT2D eigenvalue weighted by atomic mass is 9.91. The normalized spacial score (nSPS) is 13.6. The molecule has 0 amide bonds. The average molecular weight is 354 g/mol. The Hall–Kier alpha value is -3.28. The lowest BCUT2D eigenvalue weighted by Crippen LogP contribution is -2.16. The van der Waals surface area contributed by atoms with Crippen LogP contribution >= 0.6 is 0 Å². The summed E-state index contributed by atoms with van der Waals surface area (Å²) in [5.74, 6) is -0.621. The first-order valence-electron chi connectivity index (χ1n) is 8.09. The molecule has 0 saturated carbocycles. The summed E-state index contributed by atoms with van der Waals surface area (Å²) < 4.78 is 16.0. The summed E-state index contributed by atoms with van der Waals surface area (Å²) in [7, 11) is 1.23. The highest BCUT2D eigenvalue weighted by atomic mass is 16.6. The molecular weight excluding hydrogens is 336 g/mol. The third-order valence-electron chi connectivity index (χ3n) is 3.95. The van der Waals surface area contributed by atoms with Gasteiger partial charge in [0, 0.05) is 5.57 Å². The SMILES string of the molecule is COC(=O)C(CC(=O)O)=C(c1ccccc1)c1ccc2c(c1)OCCO2. The van der Waals surface area contributed by atoms with Crippen LogP contribution in [-0.4, -0.2) is 37.4 Å². The Balaban J connectivity index is 2.22. The molecule has 6 heteroatoms. The number of hydrogen-bond donors (Lipinski definition) is 1. The summed E-state index contributed by atoms with van der Waals surface area (Å²) in [6.07, 6.45) is -0.453. The van der Waals surface area contributed by atoms with E-state index in [2.05, 4.69) is 0 Å². The molecule has 134 valence electrons. The molecule has 0 aromatic heterocycles. The minimum absolute atomic E-state index is 0.0721. The summed E-state index contributed by atoms with van der Waals surface area (Å²) >= 11 is 0. The second-order valence-corrected chi connectivity index (χ2v) is 5.64. The van der Waals surface area contributed by atoms with Crippen LogP contribution in [0.15, 0.2) is 54.1 Å². The first-order valence-corrected chi connectivity index (χ1v) is 8.09. The summed E-state index contributed by atoms with van der Waals surface area (Å²) in [4.78, 5) is 23.7. The van der Waals surface area contributed by atoms with E-state index in [1.165, 1.54) is 7.11 Å². The highest BCUT2D eigenvalue weighted by Crippen LogP contribution is 2.36. The fraction of sp³-hybridized carbons (Fsp3) is 0.200. The number of rotatable bonds is 5. The van der Waals surface area contributed by atoms with Crippen molar-refractivity contribution in [1.29, 1.82) is 0 Å². The molecule has 2 aromatic rings. The van der Waals surface area contributed by atoms with Crippen LogP contribution in [0.4, 0.5) is 0 Å². The maximum absolute atomic E-state index is 12.3. The molecule has 0 aliphatic carbocycles. The van der Waals surface area contributed by atoms with Gasteiger partial charge in [0.2, 0.25) is 0 Å². The number of carboxylic acid groups (broad SMARTS) is 1. The molecule has 1 heterocycles. The standard InChI is InChI=1S/C20H18O6/c1-24-20(23)15(12-18(21)22)19(13-5-3-2-4-6-13)14-7-8-16-17(11-14)26-10-9-25-16/h2-8,11H,9-10,12H2,1H3,(H,21,22). The summed E-state index contributed by atoms with van der Waals surface area (Å²) in [5.41, 5.74) is 1.94. The zero-order valence-corrected chi connectivity index (χ0v) is 14.2. The largest absolute Gasteiger partial charge is 0.486 e. The molecule has 1 aliphatic heterocycles. The van der Waals surface area contributed by atoms with Gasteiger partial charge in [-0.15, -0.1) is 0 Å². The van der Waals surface area contributed by atoms with E-state index in [-0.39, 0.29) is 5.57 Å². The zero-order chi connectivity index (χ0) is 18.5. The number of methoxy groups -OCH3 is 1. The lowest BCUT2D eigenvalue weighted by molar-refractivity contribution is -0.141. The van der Waals surface area contributed by atoms with Crippen molar-refractivity contribution in [3.8, 4) is 11.5 Å². The summed E-state index contributed by atoms with van der Waals surface area (Å²) in [6, 6.07) is 14.4. The number of carboxylic acids is 1. The molecule has 6 nitrogen and oxygen atoms in total. The van der Waals surface area contributed by atoms with E-state index in [9.17, 15) is 14.7 Å². The van der Waals surface area contributed by atoms with E-state index in [0.29, 0.717) is 41.4 Å². The van der Waals surface area contributed by atoms with Gasteiger partial charge in [-0.2, -0.15) is 0 Å². The molecule has 2 aromatic carbocycles. The van der Waals surface area contributed by atoms with Crippen LogP contribution in [0.25, 0.3) is 5.57 Å². The van der Waals surface area contributed by atoms with E-state index in [4.69, 9.17) is 14.2 Å². The minimum atomic E-state index is -1.11. The number of aliphatic carboxylic acids is 1. The molecule has 3 rings (SSSR count). The van der Waals surface area contributed by atoms with Crippen LogP contribution in [0, 0.1) is 0 Å². The van der Waals surface area contributed by atoms with Crippen molar-refractivity contribution in [3.05, 3.63) is 65.2 Å². The maximum atomic E-state index is 12.3. The van der Waals surface area contributed by atoms with Crippen LogP contribution in [0.3, 0.4) is 0 Å². The van der Waals surface area contributed by atoms with Gasteiger partial charge < -0.3 is 19.3 Å². The van der Waals surface area contributed by atoms with Gasteiger partial charge in [0.1, 0.15) is 13.2 Å². The molecule has 0 fully saturated rings. The van der Waals surface area contributed by atoms with E-state index in [1.54, 1.807) is 18.2 Å². The fourth-order valence-corrected chi connectivity index (χ4v) is 2.86. The Morgan fingerprint density at radius 1 is 1.00 bits per heavy atom. The number of ether oxygens (including phenoxy) is 3. The third kappa shape index (κ3) is 3.69. The van der Waals surface area contributed by atoms with E-state index in [0.717, 1.165) is 0 Å². The molecular formula is C20H18O6. The topological polar surface area (TPSA) is 82.1 Å². The predicted molar refractivity (Wildman–Crippen MR) is 94.2 cm³/mol. The van der Waals surface area contributed by atoms with Gasteiger partial charge in [-0.3, -0.25) is 4.79 Å². The Morgan fingerprint density at radius 3 is 2.35 bits per heavy atom. The molecule has 0 saturated heterocycles. The van der Waals surface area contributed by atoms with Crippen molar-refractivity contribution in [2.24, 2.45) is 0 Å². The van der Waals surface area contributed by atoms with Gasteiger partial charge in [-0.1, -0.05) is 36.4 Å². The van der Waals surface area contributed by atoms with Gasteiger partial charge in [-0.05, 0) is 23.3 Å². The number of esters is 1. The Kier molecular flexibility index (Phi) is 5.22. The summed E-state index contributed by atoms with van der Waals surface area (Å²) in [6.45, 7) is 0.903. The fourth-order valence-electron chi connectivity index (χ4n) is 2.86. The van der Waals surface area contributed by atoms with Crippen molar-refractivity contribution in [2.75, 3.05) is 20.3 Å². The molecule has 1 N–H and O–H groups in total. The molecule has 0 radical (unpaired) electrons.